The molecular weight excluding hydrogens is 455 g/mol. The number of rotatable bonds is 5. The van der Waals surface area contributed by atoms with Crippen molar-refractivity contribution in [2.24, 2.45) is 5.92 Å². The van der Waals surface area contributed by atoms with Crippen molar-refractivity contribution in [3.63, 3.8) is 0 Å². The lowest BCUT2D eigenvalue weighted by atomic mass is 9.84. The fourth-order valence-electron chi connectivity index (χ4n) is 3.80. The van der Waals surface area contributed by atoms with Crippen LogP contribution in [0.15, 0.2) is 36.7 Å². The number of aromatic nitrogens is 3. The Hall–Kier alpha value is -3.44. The standard InChI is InChI=1S/C20H25N5O2.C2HF3O2/c1-23(12-16-7-2-3-9-21-16)19(26)11-18-14-24(20(27)15-5-4-6-15)13-17-8-10-22-25(17)18;3-2(4,5)1(6)7/h2-3,7-10,15,18H,4-6,11-14H2,1H3;(H,6,7). The molecule has 1 N–H and O–H groups in total. The zero-order valence-electron chi connectivity index (χ0n) is 18.6. The summed E-state index contributed by atoms with van der Waals surface area (Å²) >= 11 is 0. The zero-order valence-corrected chi connectivity index (χ0v) is 18.6. The maximum Gasteiger partial charge on any atom is 0.490 e. The quantitative estimate of drug-likeness (QED) is 0.704. The van der Waals surface area contributed by atoms with Gasteiger partial charge in [0.15, 0.2) is 0 Å². The molecule has 2 aromatic rings. The Labute approximate surface area is 194 Å². The molecule has 0 spiro atoms. The first-order valence-electron chi connectivity index (χ1n) is 10.8. The van der Waals surface area contributed by atoms with Gasteiger partial charge in [-0.2, -0.15) is 18.3 Å². The Morgan fingerprint density at radius 1 is 1.18 bits per heavy atom. The number of carboxylic acid groups (broad SMARTS) is 1. The predicted octanol–water partition coefficient (Wildman–Crippen LogP) is 2.64. The number of carbonyl (C=O) groups is 3. The van der Waals surface area contributed by atoms with E-state index in [0.29, 0.717) is 26.1 Å². The van der Waals surface area contributed by atoms with Crippen molar-refractivity contribution in [3.8, 4) is 0 Å². The van der Waals surface area contributed by atoms with Crippen LogP contribution < -0.4 is 0 Å². The van der Waals surface area contributed by atoms with E-state index in [9.17, 15) is 22.8 Å². The van der Waals surface area contributed by atoms with Gasteiger partial charge < -0.3 is 14.9 Å². The molecule has 1 saturated carbocycles. The van der Waals surface area contributed by atoms with Crippen LogP contribution in [0.2, 0.25) is 0 Å². The number of hydrogen-bond donors (Lipinski definition) is 1. The van der Waals surface area contributed by atoms with Gasteiger partial charge in [-0.1, -0.05) is 12.5 Å². The van der Waals surface area contributed by atoms with E-state index < -0.39 is 12.1 Å². The predicted molar refractivity (Wildman–Crippen MR) is 113 cm³/mol. The summed E-state index contributed by atoms with van der Waals surface area (Å²) in [5.74, 6) is -2.33. The highest BCUT2D eigenvalue weighted by atomic mass is 19.4. The van der Waals surface area contributed by atoms with Crippen molar-refractivity contribution in [2.45, 2.75) is 51.0 Å². The largest absolute Gasteiger partial charge is 0.490 e. The number of amides is 2. The van der Waals surface area contributed by atoms with E-state index in [1.807, 2.05) is 33.8 Å². The normalized spacial score (nSPS) is 17.6. The van der Waals surface area contributed by atoms with Crippen LogP contribution in [-0.2, 0) is 27.5 Å². The number of alkyl halides is 3. The summed E-state index contributed by atoms with van der Waals surface area (Å²) < 4.78 is 33.6. The molecule has 2 aromatic heterocycles. The summed E-state index contributed by atoms with van der Waals surface area (Å²) in [6.07, 6.45) is 1.85. The Morgan fingerprint density at radius 3 is 2.44 bits per heavy atom. The minimum absolute atomic E-state index is 0.0325. The fraction of sp³-hybridized carbons (Fsp3) is 0.500. The molecule has 1 aliphatic heterocycles. The first kappa shape index (κ1) is 25.2. The lowest BCUT2D eigenvalue weighted by molar-refractivity contribution is -0.192. The van der Waals surface area contributed by atoms with Crippen molar-refractivity contribution in [1.82, 2.24) is 24.6 Å². The molecule has 1 fully saturated rings. The lowest BCUT2D eigenvalue weighted by Crippen LogP contribution is -2.46. The average molecular weight is 481 g/mol. The van der Waals surface area contributed by atoms with E-state index in [2.05, 4.69) is 10.1 Å². The Morgan fingerprint density at radius 2 is 1.88 bits per heavy atom. The van der Waals surface area contributed by atoms with Gasteiger partial charge in [-0.15, -0.1) is 0 Å². The van der Waals surface area contributed by atoms with Crippen molar-refractivity contribution < 1.29 is 32.7 Å². The third-order valence-electron chi connectivity index (χ3n) is 5.85. The third-order valence-corrected chi connectivity index (χ3v) is 5.85. The van der Waals surface area contributed by atoms with Gasteiger partial charge in [-0.3, -0.25) is 19.3 Å². The molecule has 1 atom stereocenters. The minimum atomic E-state index is -5.08. The topological polar surface area (TPSA) is 109 Å². The third kappa shape index (κ3) is 6.33. The van der Waals surface area contributed by atoms with E-state index in [-0.39, 0.29) is 23.8 Å². The van der Waals surface area contributed by atoms with Crippen molar-refractivity contribution >= 4 is 17.8 Å². The van der Waals surface area contributed by atoms with Crippen LogP contribution in [-0.4, -0.2) is 67.2 Å². The summed E-state index contributed by atoms with van der Waals surface area (Å²) in [6.45, 7) is 1.61. The molecule has 12 heteroatoms. The molecule has 184 valence electrons. The molecule has 9 nitrogen and oxygen atoms in total. The number of carboxylic acids is 1. The molecule has 0 radical (unpaired) electrons. The van der Waals surface area contributed by atoms with Gasteiger partial charge in [0.25, 0.3) is 0 Å². The lowest BCUT2D eigenvalue weighted by Gasteiger charge is -2.38. The maximum atomic E-state index is 12.8. The van der Waals surface area contributed by atoms with E-state index in [0.717, 1.165) is 30.7 Å². The summed E-state index contributed by atoms with van der Waals surface area (Å²) in [5.41, 5.74) is 1.86. The Kier molecular flexibility index (Phi) is 7.90. The van der Waals surface area contributed by atoms with Crippen LogP contribution in [0, 0.1) is 5.92 Å². The monoisotopic (exact) mass is 481 g/mol. The van der Waals surface area contributed by atoms with Gasteiger partial charge in [-0.25, -0.2) is 4.79 Å². The molecule has 0 aromatic carbocycles. The highest BCUT2D eigenvalue weighted by molar-refractivity contribution is 5.80. The first-order chi connectivity index (χ1) is 16.1. The number of fused-ring (bicyclic) bond motifs is 1. The molecule has 3 heterocycles. The SMILES string of the molecule is CN(Cc1ccccn1)C(=O)CC1CN(C(=O)C2CCC2)Cc2ccnn21.O=C(O)C(F)(F)F. The minimum Gasteiger partial charge on any atom is -0.475 e. The van der Waals surface area contributed by atoms with E-state index in [1.165, 1.54) is 0 Å². The van der Waals surface area contributed by atoms with Gasteiger partial charge in [0.2, 0.25) is 11.8 Å². The molecule has 4 rings (SSSR count). The second kappa shape index (κ2) is 10.7. The molecule has 1 unspecified atom stereocenters. The molecule has 1 aliphatic carbocycles. The van der Waals surface area contributed by atoms with Crippen LogP contribution in [0.1, 0.15) is 43.1 Å². The molecule has 2 amide bonds. The van der Waals surface area contributed by atoms with Crippen molar-refractivity contribution in [3.05, 3.63) is 48.0 Å². The maximum absolute atomic E-state index is 12.8. The fourth-order valence-corrected chi connectivity index (χ4v) is 3.80. The number of carbonyl (C=O) groups excluding carboxylic acids is 2. The number of halogens is 3. The van der Waals surface area contributed by atoms with Gasteiger partial charge in [0, 0.05) is 31.9 Å². The second-order valence-electron chi connectivity index (χ2n) is 8.35. The van der Waals surface area contributed by atoms with E-state index >= 15 is 0 Å². The smallest absolute Gasteiger partial charge is 0.475 e. The summed E-state index contributed by atoms with van der Waals surface area (Å²) in [7, 11) is 1.79. The van der Waals surface area contributed by atoms with Crippen molar-refractivity contribution in [1.29, 1.82) is 0 Å². The highest BCUT2D eigenvalue weighted by Gasteiger charge is 2.38. The van der Waals surface area contributed by atoms with Crippen LogP contribution in [0.3, 0.4) is 0 Å². The summed E-state index contributed by atoms with van der Waals surface area (Å²) in [5, 5.41) is 11.5. The van der Waals surface area contributed by atoms with Crippen LogP contribution in [0.25, 0.3) is 0 Å². The van der Waals surface area contributed by atoms with Gasteiger partial charge in [0.05, 0.1) is 36.9 Å². The van der Waals surface area contributed by atoms with E-state index in [1.54, 1.807) is 24.3 Å². The highest BCUT2D eigenvalue weighted by Crippen LogP contribution is 2.31. The van der Waals surface area contributed by atoms with Crippen LogP contribution >= 0.6 is 0 Å². The van der Waals surface area contributed by atoms with Gasteiger partial charge in [-0.05, 0) is 31.0 Å². The Balaban J connectivity index is 0.000000406. The zero-order chi connectivity index (χ0) is 24.9. The summed E-state index contributed by atoms with van der Waals surface area (Å²) in [4.78, 5) is 42.3. The van der Waals surface area contributed by atoms with Crippen LogP contribution in [0.4, 0.5) is 13.2 Å². The van der Waals surface area contributed by atoms with E-state index in [4.69, 9.17) is 9.90 Å². The second-order valence-corrected chi connectivity index (χ2v) is 8.35. The first-order valence-corrected chi connectivity index (χ1v) is 10.8. The number of aliphatic carboxylic acids is 1. The average Bonchev–Trinajstić information content (AvgIpc) is 3.22. The molecular formula is C22H26F3N5O4. The molecule has 0 bridgehead atoms. The van der Waals surface area contributed by atoms with Gasteiger partial charge >= 0.3 is 12.1 Å². The summed E-state index contributed by atoms with van der Waals surface area (Å²) in [6, 6.07) is 7.51. The van der Waals surface area contributed by atoms with Crippen molar-refractivity contribution in [2.75, 3.05) is 13.6 Å². The molecule has 34 heavy (non-hydrogen) atoms. The number of pyridine rings is 1. The molecule has 2 aliphatic rings. The Bertz CT molecular complexity index is 1010. The molecule has 0 saturated heterocycles. The number of hydrogen-bond acceptors (Lipinski definition) is 5. The van der Waals surface area contributed by atoms with Crippen LogP contribution in [0.5, 0.6) is 0 Å². The van der Waals surface area contributed by atoms with Gasteiger partial charge in [0.1, 0.15) is 0 Å². The number of nitrogens with zero attached hydrogens (tertiary/aromatic N) is 5.